The highest BCUT2D eigenvalue weighted by Gasteiger charge is 2.17. The third-order valence-electron chi connectivity index (χ3n) is 2.78. The van der Waals surface area contributed by atoms with Crippen LogP contribution in [0.25, 0.3) is 0 Å². The summed E-state index contributed by atoms with van der Waals surface area (Å²) < 4.78 is 0. The molecule has 4 nitrogen and oxygen atoms in total. The summed E-state index contributed by atoms with van der Waals surface area (Å²) in [4.78, 5) is 11.5. The van der Waals surface area contributed by atoms with Gasteiger partial charge >= 0.3 is 0 Å². The number of thiocarbonyl (C=S) groups is 1. The molecule has 0 bridgehead atoms. The van der Waals surface area contributed by atoms with Crippen molar-refractivity contribution >= 4 is 23.2 Å². The molecule has 0 aromatic heterocycles. The Labute approximate surface area is 103 Å². The van der Waals surface area contributed by atoms with E-state index in [1.54, 1.807) is 0 Å². The van der Waals surface area contributed by atoms with Gasteiger partial charge in [-0.2, -0.15) is 0 Å². The van der Waals surface area contributed by atoms with Crippen molar-refractivity contribution in [3.05, 3.63) is 0 Å². The summed E-state index contributed by atoms with van der Waals surface area (Å²) in [6, 6.07) is 0.211. The van der Waals surface area contributed by atoms with Crippen LogP contribution in [0.1, 0.15) is 39.5 Å². The van der Waals surface area contributed by atoms with E-state index in [1.165, 1.54) is 25.7 Å². The van der Waals surface area contributed by atoms with Gasteiger partial charge in [-0.3, -0.25) is 4.79 Å². The third-order valence-corrected chi connectivity index (χ3v) is 3.02. The number of amides is 1. The van der Waals surface area contributed by atoms with Crippen molar-refractivity contribution in [2.24, 2.45) is 0 Å². The zero-order chi connectivity index (χ0) is 12.0. The molecular weight excluding hydrogens is 222 g/mol. The number of carbonyl (C=O) groups is 1. The van der Waals surface area contributed by atoms with E-state index in [0.717, 1.165) is 0 Å². The Morgan fingerprint density at radius 2 is 2.06 bits per heavy atom. The highest BCUT2D eigenvalue weighted by atomic mass is 32.1. The van der Waals surface area contributed by atoms with Gasteiger partial charge in [-0.1, -0.05) is 12.8 Å². The molecule has 1 aliphatic carbocycles. The Hall–Kier alpha value is -0.840. The molecule has 1 aliphatic rings. The summed E-state index contributed by atoms with van der Waals surface area (Å²) in [5.74, 6) is -0.0157. The number of carbonyl (C=O) groups excluding carboxylic acids is 1. The largest absolute Gasteiger partial charge is 0.360 e. The average molecular weight is 243 g/mol. The van der Waals surface area contributed by atoms with Gasteiger partial charge in [0.15, 0.2) is 5.11 Å². The SMILES string of the molecule is CCNC(=O)C(C)NC(=S)NC1CCCC1. The summed E-state index contributed by atoms with van der Waals surface area (Å²) in [6.07, 6.45) is 4.90. The smallest absolute Gasteiger partial charge is 0.242 e. The van der Waals surface area contributed by atoms with Crippen LogP contribution in [0.5, 0.6) is 0 Å². The lowest BCUT2D eigenvalue weighted by Crippen LogP contribution is -2.50. The van der Waals surface area contributed by atoms with Gasteiger partial charge in [0.2, 0.25) is 5.91 Å². The molecule has 0 radical (unpaired) electrons. The van der Waals surface area contributed by atoms with Crippen LogP contribution in [-0.2, 0) is 4.79 Å². The molecule has 5 heteroatoms. The van der Waals surface area contributed by atoms with Crippen molar-refractivity contribution in [3.8, 4) is 0 Å². The lowest BCUT2D eigenvalue weighted by atomic mass is 10.2. The molecule has 1 rings (SSSR count). The van der Waals surface area contributed by atoms with Gasteiger partial charge in [-0.05, 0) is 38.9 Å². The second-order valence-electron chi connectivity index (χ2n) is 4.22. The minimum absolute atomic E-state index is 0.0157. The van der Waals surface area contributed by atoms with E-state index in [1.807, 2.05) is 13.8 Å². The van der Waals surface area contributed by atoms with Crippen LogP contribution >= 0.6 is 12.2 Å². The fourth-order valence-corrected chi connectivity index (χ4v) is 2.23. The molecule has 1 atom stereocenters. The predicted molar refractivity (Wildman–Crippen MR) is 69.3 cm³/mol. The van der Waals surface area contributed by atoms with E-state index in [2.05, 4.69) is 16.0 Å². The van der Waals surface area contributed by atoms with Gasteiger partial charge in [-0.25, -0.2) is 0 Å². The maximum absolute atomic E-state index is 11.5. The first-order valence-corrected chi connectivity index (χ1v) is 6.39. The van der Waals surface area contributed by atoms with Crippen molar-refractivity contribution < 1.29 is 4.79 Å². The number of hydrogen-bond acceptors (Lipinski definition) is 2. The second-order valence-corrected chi connectivity index (χ2v) is 4.62. The number of nitrogens with one attached hydrogen (secondary N) is 3. The van der Waals surface area contributed by atoms with Crippen LogP contribution in [0, 0.1) is 0 Å². The molecule has 1 amide bonds. The topological polar surface area (TPSA) is 53.2 Å². The molecule has 0 heterocycles. The van der Waals surface area contributed by atoms with E-state index in [9.17, 15) is 4.79 Å². The van der Waals surface area contributed by atoms with Crippen LogP contribution in [0.3, 0.4) is 0 Å². The standard InChI is InChI=1S/C11H21N3OS/c1-3-12-10(15)8(2)13-11(16)14-9-6-4-5-7-9/h8-9H,3-7H2,1-2H3,(H,12,15)(H2,13,14,16). The Kier molecular flexibility index (Phi) is 5.52. The van der Waals surface area contributed by atoms with Crippen molar-refractivity contribution in [1.82, 2.24) is 16.0 Å². The first kappa shape index (κ1) is 13.2. The first-order chi connectivity index (χ1) is 7.63. The Balaban J connectivity index is 2.24. The normalized spacial score (nSPS) is 17.9. The Morgan fingerprint density at radius 3 is 2.62 bits per heavy atom. The Morgan fingerprint density at radius 1 is 1.44 bits per heavy atom. The summed E-state index contributed by atoms with van der Waals surface area (Å²) in [7, 11) is 0. The molecule has 0 aliphatic heterocycles. The van der Waals surface area contributed by atoms with E-state index in [-0.39, 0.29) is 11.9 Å². The van der Waals surface area contributed by atoms with Gasteiger partial charge < -0.3 is 16.0 Å². The molecule has 3 N–H and O–H groups in total. The summed E-state index contributed by atoms with van der Waals surface area (Å²) in [6.45, 7) is 4.36. The van der Waals surface area contributed by atoms with Crippen molar-refractivity contribution in [2.45, 2.75) is 51.6 Å². The van der Waals surface area contributed by atoms with Crippen LogP contribution in [-0.4, -0.2) is 29.6 Å². The molecule has 1 saturated carbocycles. The number of likely N-dealkylation sites (N-methyl/N-ethyl adjacent to an activating group) is 1. The minimum Gasteiger partial charge on any atom is -0.360 e. The lowest BCUT2D eigenvalue weighted by Gasteiger charge is -2.19. The van der Waals surface area contributed by atoms with Crippen LogP contribution in [0.2, 0.25) is 0 Å². The Bertz CT molecular complexity index is 252. The highest BCUT2D eigenvalue weighted by Crippen LogP contribution is 2.17. The maximum atomic E-state index is 11.5. The zero-order valence-corrected chi connectivity index (χ0v) is 10.8. The summed E-state index contributed by atoms with van der Waals surface area (Å²) in [5, 5.41) is 9.59. The monoisotopic (exact) mass is 243 g/mol. The molecule has 1 fully saturated rings. The molecule has 0 spiro atoms. The fourth-order valence-electron chi connectivity index (χ4n) is 1.89. The maximum Gasteiger partial charge on any atom is 0.242 e. The van der Waals surface area contributed by atoms with E-state index in [4.69, 9.17) is 12.2 Å². The van der Waals surface area contributed by atoms with E-state index < -0.39 is 0 Å². The van der Waals surface area contributed by atoms with E-state index in [0.29, 0.717) is 17.7 Å². The van der Waals surface area contributed by atoms with Gasteiger partial charge in [-0.15, -0.1) is 0 Å². The predicted octanol–water partition coefficient (Wildman–Crippen LogP) is 0.918. The molecule has 0 saturated heterocycles. The second kappa shape index (κ2) is 6.68. The van der Waals surface area contributed by atoms with Gasteiger partial charge in [0.05, 0.1) is 0 Å². The molecule has 16 heavy (non-hydrogen) atoms. The van der Waals surface area contributed by atoms with Gasteiger partial charge in [0.1, 0.15) is 6.04 Å². The summed E-state index contributed by atoms with van der Waals surface area (Å²) >= 11 is 5.17. The average Bonchev–Trinajstić information content (AvgIpc) is 2.70. The molecule has 92 valence electrons. The van der Waals surface area contributed by atoms with Gasteiger partial charge in [0.25, 0.3) is 0 Å². The van der Waals surface area contributed by atoms with Crippen molar-refractivity contribution in [1.29, 1.82) is 0 Å². The lowest BCUT2D eigenvalue weighted by molar-refractivity contribution is -0.122. The number of hydrogen-bond donors (Lipinski definition) is 3. The molecule has 1 unspecified atom stereocenters. The van der Waals surface area contributed by atoms with Crippen LogP contribution < -0.4 is 16.0 Å². The van der Waals surface area contributed by atoms with Crippen molar-refractivity contribution in [2.75, 3.05) is 6.54 Å². The van der Waals surface area contributed by atoms with Crippen LogP contribution in [0.15, 0.2) is 0 Å². The fraction of sp³-hybridized carbons (Fsp3) is 0.818. The quantitative estimate of drug-likeness (QED) is 0.643. The van der Waals surface area contributed by atoms with Crippen LogP contribution in [0.4, 0.5) is 0 Å². The highest BCUT2D eigenvalue weighted by molar-refractivity contribution is 7.80. The van der Waals surface area contributed by atoms with Gasteiger partial charge in [0, 0.05) is 12.6 Å². The molecule has 0 aromatic carbocycles. The van der Waals surface area contributed by atoms with E-state index >= 15 is 0 Å². The van der Waals surface area contributed by atoms with Crippen molar-refractivity contribution in [3.63, 3.8) is 0 Å². The third kappa shape index (κ3) is 4.35. The summed E-state index contributed by atoms with van der Waals surface area (Å²) in [5.41, 5.74) is 0. The first-order valence-electron chi connectivity index (χ1n) is 5.98. The molecule has 0 aromatic rings. The molecular formula is C11H21N3OS. The minimum atomic E-state index is -0.277. The number of rotatable bonds is 4. The zero-order valence-electron chi connectivity index (χ0n) is 10.0.